The third kappa shape index (κ3) is 3.33. The van der Waals surface area contributed by atoms with E-state index in [1.807, 2.05) is 0 Å². The SMILES string of the molecule is N#Cc1c(NC(=O)C2CCCN2S(=O)(=O)c2ccc(Cl)cc2)sc2c1CCC2. The molecular weight excluding hydrogens is 418 g/mol. The standard InChI is InChI=1S/C19H18ClN3O3S2/c20-12-6-8-13(9-7-12)28(25,26)23-10-2-4-16(23)18(24)22-19-15(11-21)14-3-1-5-17(14)27-19/h6-9,16H,1-5,10H2,(H,22,24). The number of fused-ring (bicyclic) bond motifs is 1. The number of nitrogens with zero attached hydrogens (tertiary/aromatic N) is 2. The molecule has 0 radical (unpaired) electrons. The van der Waals surface area contributed by atoms with Crippen LogP contribution in [-0.4, -0.2) is 31.2 Å². The molecule has 1 aliphatic heterocycles. The number of carbonyl (C=O) groups excluding carboxylic acids is 1. The molecule has 0 saturated carbocycles. The van der Waals surface area contributed by atoms with Gasteiger partial charge < -0.3 is 5.32 Å². The van der Waals surface area contributed by atoms with E-state index in [0.717, 1.165) is 29.7 Å². The summed E-state index contributed by atoms with van der Waals surface area (Å²) < 4.78 is 27.3. The van der Waals surface area contributed by atoms with Gasteiger partial charge >= 0.3 is 0 Å². The van der Waals surface area contributed by atoms with Crippen LogP contribution in [0.2, 0.25) is 5.02 Å². The monoisotopic (exact) mass is 435 g/mol. The number of hydrogen-bond donors (Lipinski definition) is 1. The molecule has 1 amide bonds. The van der Waals surface area contributed by atoms with Crippen LogP contribution >= 0.6 is 22.9 Å². The molecule has 2 aliphatic rings. The number of halogens is 1. The van der Waals surface area contributed by atoms with Crippen LogP contribution in [0.3, 0.4) is 0 Å². The molecule has 1 atom stereocenters. The number of hydrogen-bond acceptors (Lipinski definition) is 5. The molecule has 1 saturated heterocycles. The average Bonchev–Trinajstić information content (AvgIpc) is 3.37. The van der Waals surface area contributed by atoms with Gasteiger partial charge in [0.1, 0.15) is 17.1 Å². The zero-order chi connectivity index (χ0) is 19.9. The number of sulfonamides is 1. The van der Waals surface area contributed by atoms with Crippen molar-refractivity contribution < 1.29 is 13.2 Å². The molecule has 4 rings (SSSR count). The Bertz CT molecular complexity index is 1070. The van der Waals surface area contributed by atoms with Crippen molar-refractivity contribution in [3.8, 4) is 6.07 Å². The summed E-state index contributed by atoms with van der Waals surface area (Å²) in [5, 5.41) is 13.3. The first-order valence-electron chi connectivity index (χ1n) is 9.04. The van der Waals surface area contributed by atoms with Gasteiger partial charge in [-0.05, 0) is 61.9 Å². The van der Waals surface area contributed by atoms with Crippen molar-refractivity contribution in [1.82, 2.24) is 4.31 Å². The highest BCUT2D eigenvalue weighted by Gasteiger charge is 2.40. The number of carbonyl (C=O) groups is 1. The van der Waals surface area contributed by atoms with E-state index in [4.69, 9.17) is 11.6 Å². The predicted octanol–water partition coefficient (Wildman–Crippen LogP) is 3.55. The zero-order valence-corrected chi connectivity index (χ0v) is 17.3. The van der Waals surface area contributed by atoms with Crippen LogP contribution in [-0.2, 0) is 27.7 Å². The smallest absolute Gasteiger partial charge is 0.243 e. The van der Waals surface area contributed by atoms with Crippen molar-refractivity contribution in [3.05, 3.63) is 45.3 Å². The normalized spacial score (nSPS) is 19.4. The number of anilines is 1. The Kier molecular flexibility index (Phi) is 5.19. The van der Waals surface area contributed by atoms with Crippen LogP contribution in [0.4, 0.5) is 5.00 Å². The lowest BCUT2D eigenvalue weighted by Crippen LogP contribution is -2.43. The fourth-order valence-electron chi connectivity index (χ4n) is 3.84. The van der Waals surface area contributed by atoms with Crippen molar-refractivity contribution in [2.45, 2.75) is 43.0 Å². The van der Waals surface area contributed by atoms with Crippen molar-refractivity contribution in [2.75, 3.05) is 11.9 Å². The summed E-state index contributed by atoms with van der Waals surface area (Å²) in [6.07, 6.45) is 3.86. The average molecular weight is 436 g/mol. The number of rotatable bonds is 4. The Balaban J connectivity index is 1.58. The van der Waals surface area contributed by atoms with E-state index >= 15 is 0 Å². The van der Waals surface area contributed by atoms with E-state index in [9.17, 15) is 18.5 Å². The molecule has 146 valence electrons. The second-order valence-corrected chi connectivity index (χ2v) is 10.3. The number of aryl methyl sites for hydroxylation is 1. The number of amides is 1. The minimum atomic E-state index is -3.80. The zero-order valence-electron chi connectivity index (χ0n) is 14.9. The third-order valence-corrected chi connectivity index (χ3v) is 8.58. The topological polar surface area (TPSA) is 90.3 Å². The molecular formula is C19H18ClN3O3S2. The first kappa shape index (κ1) is 19.4. The third-order valence-electron chi connectivity index (χ3n) is 5.20. The first-order chi connectivity index (χ1) is 13.4. The summed E-state index contributed by atoms with van der Waals surface area (Å²) in [4.78, 5) is 14.2. The highest BCUT2D eigenvalue weighted by Crippen LogP contribution is 2.39. The lowest BCUT2D eigenvalue weighted by atomic mass is 10.1. The van der Waals surface area contributed by atoms with Crippen LogP contribution < -0.4 is 5.32 Å². The van der Waals surface area contributed by atoms with Crippen molar-refractivity contribution in [3.63, 3.8) is 0 Å². The molecule has 1 aromatic heterocycles. The van der Waals surface area contributed by atoms with E-state index in [1.165, 1.54) is 39.9 Å². The van der Waals surface area contributed by atoms with Crippen LogP contribution in [0.15, 0.2) is 29.2 Å². The van der Waals surface area contributed by atoms with E-state index in [-0.39, 0.29) is 17.3 Å². The molecule has 28 heavy (non-hydrogen) atoms. The van der Waals surface area contributed by atoms with Crippen LogP contribution in [0.25, 0.3) is 0 Å². The van der Waals surface area contributed by atoms with E-state index in [1.54, 1.807) is 0 Å². The summed E-state index contributed by atoms with van der Waals surface area (Å²) in [6, 6.07) is 7.34. The van der Waals surface area contributed by atoms with Crippen molar-refractivity contribution in [1.29, 1.82) is 5.26 Å². The lowest BCUT2D eigenvalue weighted by Gasteiger charge is -2.23. The number of nitrogens with one attached hydrogen (secondary N) is 1. The molecule has 0 bridgehead atoms. The van der Waals surface area contributed by atoms with Gasteiger partial charge in [0.25, 0.3) is 0 Å². The van der Waals surface area contributed by atoms with Gasteiger partial charge in [0.15, 0.2) is 0 Å². The fourth-order valence-corrected chi connectivity index (χ4v) is 6.86. The summed E-state index contributed by atoms with van der Waals surface area (Å²) in [7, 11) is -3.80. The minimum absolute atomic E-state index is 0.115. The second-order valence-electron chi connectivity index (χ2n) is 6.89. The molecule has 6 nitrogen and oxygen atoms in total. The Labute approximate surface area is 172 Å². The van der Waals surface area contributed by atoms with Crippen LogP contribution in [0, 0.1) is 11.3 Å². The van der Waals surface area contributed by atoms with Gasteiger partial charge in [-0.1, -0.05) is 11.6 Å². The first-order valence-corrected chi connectivity index (χ1v) is 11.7. The molecule has 2 aromatic rings. The highest BCUT2D eigenvalue weighted by molar-refractivity contribution is 7.89. The molecule has 1 aliphatic carbocycles. The van der Waals surface area contributed by atoms with E-state index in [0.29, 0.717) is 28.4 Å². The van der Waals surface area contributed by atoms with Gasteiger partial charge in [0, 0.05) is 16.4 Å². The molecule has 1 N–H and O–H groups in total. The van der Waals surface area contributed by atoms with E-state index in [2.05, 4.69) is 11.4 Å². The number of nitriles is 1. The highest BCUT2D eigenvalue weighted by atomic mass is 35.5. The lowest BCUT2D eigenvalue weighted by molar-refractivity contribution is -0.119. The fraction of sp³-hybridized carbons (Fsp3) is 0.368. The van der Waals surface area contributed by atoms with Crippen LogP contribution in [0.5, 0.6) is 0 Å². The largest absolute Gasteiger partial charge is 0.315 e. The molecule has 9 heteroatoms. The predicted molar refractivity (Wildman–Crippen MR) is 108 cm³/mol. The van der Waals surface area contributed by atoms with Gasteiger partial charge in [-0.2, -0.15) is 9.57 Å². The van der Waals surface area contributed by atoms with Gasteiger partial charge in [-0.3, -0.25) is 4.79 Å². The molecule has 1 unspecified atom stereocenters. The maximum absolute atomic E-state index is 13.0. The minimum Gasteiger partial charge on any atom is -0.315 e. The van der Waals surface area contributed by atoms with Gasteiger partial charge in [-0.15, -0.1) is 11.3 Å². The summed E-state index contributed by atoms with van der Waals surface area (Å²) in [5.41, 5.74) is 1.55. The molecule has 1 aromatic carbocycles. The maximum atomic E-state index is 13.0. The van der Waals surface area contributed by atoms with Crippen molar-refractivity contribution in [2.24, 2.45) is 0 Å². The van der Waals surface area contributed by atoms with Crippen LogP contribution in [0.1, 0.15) is 35.3 Å². The Hall–Kier alpha value is -1.92. The van der Waals surface area contributed by atoms with Gasteiger partial charge in [-0.25, -0.2) is 8.42 Å². The second kappa shape index (κ2) is 7.48. The number of benzene rings is 1. The quantitative estimate of drug-likeness (QED) is 0.795. The summed E-state index contributed by atoms with van der Waals surface area (Å²) >= 11 is 7.28. The Morgan fingerprint density at radius 2 is 2.00 bits per heavy atom. The molecule has 2 heterocycles. The maximum Gasteiger partial charge on any atom is 0.243 e. The molecule has 1 fully saturated rings. The summed E-state index contributed by atoms with van der Waals surface area (Å²) in [6.45, 7) is 0.287. The molecule has 0 spiro atoms. The Morgan fingerprint density at radius 1 is 1.25 bits per heavy atom. The number of thiophene rings is 1. The van der Waals surface area contributed by atoms with Crippen molar-refractivity contribution >= 4 is 43.9 Å². The van der Waals surface area contributed by atoms with Gasteiger partial charge in [0.05, 0.1) is 10.5 Å². The Morgan fingerprint density at radius 3 is 2.71 bits per heavy atom. The summed E-state index contributed by atoms with van der Waals surface area (Å²) in [5.74, 6) is -0.383. The van der Waals surface area contributed by atoms with Gasteiger partial charge in [0.2, 0.25) is 15.9 Å². The van der Waals surface area contributed by atoms with E-state index < -0.39 is 16.1 Å².